The van der Waals surface area contributed by atoms with Crippen molar-refractivity contribution in [2.45, 2.75) is 19.9 Å². The largest absolute Gasteiger partial charge is 0.365 e. The van der Waals surface area contributed by atoms with E-state index in [9.17, 15) is 0 Å². The fourth-order valence-corrected chi connectivity index (χ4v) is 2.51. The molecule has 2 rings (SSSR count). The van der Waals surface area contributed by atoms with Gasteiger partial charge in [-0.2, -0.15) is 0 Å². The Morgan fingerprint density at radius 2 is 2.10 bits per heavy atom. The Morgan fingerprint density at radius 1 is 1.25 bits per heavy atom. The van der Waals surface area contributed by atoms with Crippen molar-refractivity contribution in [2.24, 2.45) is 5.73 Å². The van der Waals surface area contributed by atoms with Crippen molar-refractivity contribution in [2.75, 3.05) is 18.0 Å². The first-order valence-electron chi connectivity index (χ1n) is 6.88. The first-order valence-corrected chi connectivity index (χ1v) is 7.25. The fraction of sp³-hybridized carbons (Fsp3) is 0.312. The van der Waals surface area contributed by atoms with Gasteiger partial charge in [0.1, 0.15) is 0 Å². The first kappa shape index (κ1) is 14.8. The van der Waals surface area contributed by atoms with Crippen molar-refractivity contribution in [3.05, 3.63) is 58.9 Å². The molecule has 0 unspecified atom stereocenters. The smallest absolute Gasteiger partial charge is 0.0642 e. The van der Waals surface area contributed by atoms with Crippen LogP contribution in [0.1, 0.15) is 18.2 Å². The number of anilines is 1. The number of rotatable bonds is 6. The van der Waals surface area contributed by atoms with Gasteiger partial charge in [-0.3, -0.25) is 4.98 Å². The van der Waals surface area contributed by atoms with Crippen LogP contribution in [0.25, 0.3) is 0 Å². The van der Waals surface area contributed by atoms with Crippen LogP contribution in [0.4, 0.5) is 5.69 Å². The Kier molecular flexibility index (Phi) is 5.39. The molecular weight excluding hydrogens is 270 g/mol. The van der Waals surface area contributed by atoms with Crippen LogP contribution in [-0.2, 0) is 13.0 Å². The minimum atomic E-state index is 0.640. The third-order valence-corrected chi connectivity index (χ3v) is 3.55. The number of halogens is 1. The van der Waals surface area contributed by atoms with Crippen molar-refractivity contribution in [1.82, 2.24) is 4.98 Å². The zero-order chi connectivity index (χ0) is 14.4. The maximum Gasteiger partial charge on any atom is 0.0642 e. The van der Waals surface area contributed by atoms with Crippen molar-refractivity contribution in [3.63, 3.8) is 0 Å². The summed E-state index contributed by atoms with van der Waals surface area (Å²) in [5.41, 5.74) is 8.83. The first-order chi connectivity index (χ1) is 9.74. The summed E-state index contributed by atoms with van der Waals surface area (Å²) in [6.45, 7) is 4.40. The van der Waals surface area contributed by atoms with E-state index in [2.05, 4.69) is 28.9 Å². The Morgan fingerprint density at radius 3 is 2.70 bits per heavy atom. The third kappa shape index (κ3) is 3.71. The van der Waals surface area contributed by atoms with Crippen molar-refractivity contribution in [1.29, 1.82) is 0 Å². The van der Waals surface area contributed by atoms with Crippen LogP contribution >= 0.6 is 11.6 Å². The highest BCUT2D eigenvalue weighted by molar-refractivity contribution is 6.33. The van der Waals surface area contributed by atoms with Crippen molar-refractivity contribution in [3.8, 4) is 0 Å². The van der Waals surface area contributed by atoms with Crippen LogP contribution in [0.5, 0.6) is 0 Å². The molecule has 0 radical (unpaired) electrons. The molecule has 4 heteroatoms. The third-order valence-electron chi connectivity index (χ3n) is 3.25. The van der Waals surface area contributed by atoms with E-state index in [1.54, 1.807) is 0 Å². The molecule has 0 saturated carbocycles. The van der Waals surface area contributed by atoms with Crippen LogP contribution in [-0.4, -0.2) is 18.1 Å². The molecule has 106 valence electrons. The number of hydrogen-bond acceptors (Lipinski definition) is 3. The summed E-state index contributed by atoms with van der Waals surface area (Å²) in [7, 11) is 0. The lowest BCUT2D eigenvalue weighted by Crippen LogP contribution is -2.23. The normalized spacial score (nSPS) is 10.6. The zero-order valence-electron chi connectivity index (χ0n) is 11.7. The molecule has 2 N–H and O–H groups in total. The van der Waals surface area contributed by atoms with E-state index in [1.165, 1.54) is 5.56 Å². The number of nitrogens with zero attached hydrogens (tertiary/aromatic N) is 2. The quantitative estimate of drug-likeness (QED) is 0.887. The summed E-state index contributed by atoms with van der Waals surface area (Å²) in [5, 5.41) is 0.772. The molecule has 2 aromatic rings. The number of benzene rings is 1. The number of nitrogens with two attached hydrogens (primary N) is 1. The van der Waals surface area contributed by atoms with E-state index < -0.39 is 0 Å². The van der Waals surface area contributed by atoms with Gasteiger partial charge in [0.25, 0.3) is 0 Å². The molecule has 1 aromatic heterocycles. The minimum Gasteiger partial charge on any atom is -0.365 e. The molecule has 0 amide bonds. The van der Waals surface area contributed by atoms with Gasteiger partial charge in [0, 0.05) is 12.7 Å². The maximum atomic E-state index is 6.40. The van der Waals surface area contributed by atoms with Gasteiger partial charge < -0.3 is 10.6 Å². The summed E-state index contributed by atoms with van der Waals surface area (Å²) in [4.78, 5) is 6.59. The van der Waals surface area contributed by atoms with E-state index in [0.717, 1.165) is 35.9 Å². The van der Waals surface area contributed by atoms with Gasteiger partial charge >= 0.3 is 0 Å². The van der Waals surface area contributed by atoms with Gasteiger partial charge in [0.2, 0.25) is 0 Å². The Hall–Kier alpha value is -1.58. The molecule has 0 spiro atoms. The molecule has 1 heterocycles. The van der Waals surface area contributed by atoms with Gasteiger partial charge in [0.05, 0.1) is 22.9 Å². The van der Waals surface area contributed by atoms with E-state index in [1.807, 2.05) is 30.5 Å². The predicted molar refractivity (Wildman–Crippen MR) is 85.2 cm³/mol. The summed E-state index contributed by atoms with van der Waals surface area (Å²) in [6, 6.07) is 12.1. The van der Waals surface area contributed by atoms with Crippen molar-refractivity contribution >= 4 is 17.3 Å². The second-order valence-electron chi connectivity index (χ2n) is 4.66. The molecule has 0 bridgehead atoms. The summed E-state index contributed by atoms with van der Waals surface area (Å²) in [6.07, 6.45) is 2.67. The lowest BCUT2D eigenvalue weighted by Gasteiger charge is -2.24. The molecule has 0 aliphatic carbocycles. The van der Waals surface area contributed by atoms with Crippen LogP contribution in [0.3, 0.4) is 0 Å². The van der Waals surface area contributed by atoms with Crippen molar-refractivity contribution < 1.29 is 0 Å². The molecule has 0 atom stereocenters. The highest BCUT2D eigenvalue weighted by atomic mass is 35.5. The number of aromatic nitrogens is 1. The standard InChI is InChI=1S/C16H20ClN3/c1-2-20(12-14-5-3-4-10-19-14)16-7-6-13(8-9-18)11-15(16)17/h3-7,10-11H,2,8-9,12,18H2,1H3. The average molecular weight is 290 g/mol. The lowest BCUT2D eigenvalue weighted by atomic mass is 10.1. The number of hydrogen-bond donors (Lipinski definition) is 1. The molecule has 20 heavy (non-hydrogen) atoms. The molecule has 0 aliphatic heterocycles. The van der Waals surface area contributed by atoms with Gasteiger partial charge in [-0.15, -0.1) is 0 Å². The van der Waals surface area contributed by atoms with E-state index >= 15 is 0 Å². The fourth-order valence-electron chi connectivity index (χ4n) is 2.18. The molecule has 0 aliphatic rings. The average Bonchev–Trinajstić information content (AvgIpc) is 2.47. The number of pyridine rings is 1. The second-order valence-corrected chi connectivity index (χ2v) is 5.07. The molecule has 1 aromatic carbocycles. The lowest BCUT2D eigenvalue weighted by molar-refractivity contribution is 0.809. The Balaban J connectivity index is 2.19. The summed E-state index contributed by atoms with van der Waals surface area (Å²) in [5.74, 6) is 0. The zero-order valence-corrected chi connectivity index (χ0v) is 12.5. The van der Waals surface area contributed by atoms with Gasteiger partial charge in [-0.1, -0.05) is 23.7 Å². The van der Waals surface area contributed by atoms with Crippen LogP contribution < -0.4 is 10.6 Å². The van der Waals surface area contributed by atoms with Crippen LogP contribution in [0.2, 0.25) is 5.02 Å². The predicted octanol–water partition coefficient (Wildman–Crippen LogP) is 3.26. The monoisotopic (exact) mass is 289 g/mol. The maximum absolute atomic E-state index is 6.40. The summed E-state index contributed by atoms with van der Waals surface area (Å²) < 4.78 is 0. The Labute approximate surface area is 125 Å². The van der Waals surface area contributed by atoms with Gasteiger partial charge in [-0.25, -0.2) is 0 Å². The van der Waals surface area contributed by atoms with Gasteiger partial charge in [0.15, 0.2) is 0 Å². The topological polar surface area (TPSA) is 42.2 Å². The van der Waals surface area contributed by atoms with E-state index in [-0.39, 0.29) is 0 Å². The van der Waals surface area contributed by atoms with Crippen LogP contribution in [0.15, 0.2) is 42.6 Å². The minimum absolute atomic E-state index is 0.640. The Bertz CT molecular complexity index is 543. The van der Waals surface area contributed by atoms with Crippen LogP contribution in [0, 0.1) is 0 Å². The molecule has 3 nitrogen and oxygen atoms in total. The highest BCUT2D eigenvalue weighted by Crippen LogP contribution is 2.28. The molecule has 0 saturated heterocycles. The molecular formula is C16H20ClN3. The second kappa shape index (κ2) is 7.27. The molecule has 0 fully saturated rings. The van der Waals surface area contributed by atoms with Gasteiger partial charge in [-0.05, 0) is 49.7 Å². The summed E-state index contributed by atoms with van der Waals surface area (Å²) >= 11 is 6.40. The van der Waals surface area contributed by atoms with E-state index in [4.69, 9.17) is 17.3 Å². The van der Waals surface area contributed by atoms with E-state index in [0.29, 0.717) is 6.54 Å². The SMILES string of the molecule is CCN(Cc1ccccn1)c1ccc(CCN)cc1Cl. The highest BCUT2D eigenvalue weighted by Gasteiger charge is 2.10.